The molecule has 1 aromatic carbocycles. The number of hydrogen-bond acceptors (Lipinski definition) is 3. The van der Waals surface area contributed by atoms with Gasteiger partial charge in [-0.2, -0.15) is 0 Å². The van der Waals surface area contributed by atoms with Crippen LogP contribution >= 0.6 is 0 Å². The van der Waals surface area contributed by atoms with Crippen molar-refractivity contribution in [3.05, 3.63) is 30.3 Å². The molecule has 0 bridgehead atoms. The van der Waals surface area contributed by atoms with Crippen LogP contribution in [0.4, 0.5) is 5.69 Å². The lowest BCUT2D eigenvalue weighted by atomic mass is 9.74. The summed E-state index contributed by atoms with van der Waals surface area (Å²) in [7, 11) is 2.01. The van der Waals surface area contributed by atoms with Gasteiger partial charge in [0.25, 0.3) is 0 Å². The molecule has 0 heterocycles. The first-order valence-electron chi connectivity index (χ1n) is 6.99. The molecule has 0 fully saturated rings. The van der Waals surface area contributed by atoms with E-state index in [-0.39, 0.29) is 5.91 Å². The molecule has 0 aromatic heterocycles. The normalized spacial score (nSPS) is 12.1. The summed E-state index contributed by atoms with van der Waals surface area (Å²) in [5.41, 5.74) is 6.05. The number of benzene rings is 1. The van der Waals surface area contributed by atoms with Gasteiger partial charge in [-0.05, 0) is 39.8 Å². The van der Waals surface area contributed by atoms with Crippen molar-refractivity contribution in [3.8, 4) is 0 Å². The van der Waals surface area contributed by atoms with Crippen LogP contribution in [0.2, 0.25) is 0 Å². The Morgan fingerprint density at radius 3 is 2.25 bits per heavy atom. The predicted molar refractivity (Wildman–Crippen MR) is 84.8 cm³/mol. The number of para-hydroxylation sites is 1. The van der Waals surface area contributed by atoms with E-state index in [0.717, 1.165) is 12.2 Å². The van der Waals surface area contributed by atoms with Crippen LogP contribution in [0.25, 0.3) is 0 Å². The highest BCUT2D eigenvalue weighted by Gasteiger charge is 2.40. The lowest BCUT2D eigenvalue weighted by Gasteiger charge is -2.37. The molecular formula is C16H27N3O. The number of amides is 1. The summed E-state index contributed by atoms with van der Waals surface area (Å²) in [5.74, 6) is -0.00791. The minimum Gasteiger partial charge on any atom is -0.373 e. The third-order valence-electron chi connectivity index (χ3n) is 4.11. The van der Waals surface area contributed by atoms with E-state index in [1.165, 1.54) is 0 Å². The van der Waals surface area contributed by atoms with Gasteiger partial charge in [-0.25, -0.2) is 0 Å². The van der Waals surface area contributed by atoms with Gasteiger partial charge >= 0.3 is 0 Å². The molecule has 0 spiro atoms. The highest BCUT2D eigenvalue weighted by Crippen LogP contribution is 2.28. The Hall–Kier alpha value is -1.55. The average Bonchev–Trinajstić information content (AvgIpc) is 2.38. The highest BCUT2D eigenvalue weighted by molar-refractivity contribution is 5.83. The van der Waals surface area contributed by atoms with E-state index in [1.54, 1.807) is 0 Å². The molecule has 0 saturated carbocycles. The molecule has 0 unspecified atom stereocenters. The first kappa shape index (κ1) is 16.5. The van der Waals surface area contributed by atoms with Crippen molar-refractivity contribution in [2.75, 3.05) is 25.0 Å². The smallest absolute Gasteiger partial charge is 0.227 e. The van der Waals surface area contributed by atoms with Gasteiger partial charge in [-0.3, -0.25) is 4.79 Å². The first-order valence-corrected chi connectivity index (χ1v) is 6.99. The van der Waals surface area contributed by atoms with Crippen molar-refractivity contribution in [1.82, 2.24) is 5.32 Å². The van der Waals surface area contributed by atoms with Crippen molar-refractivity contribution in [2.24, 2.45) is 11.1 Å². The van der Waals surface area contributed by atoms with Crippen LogP contribution in [0, 0.1) is 5.41 Å². The molecule has 112 valence electrons. The molecule has 0 aliphatic heterocycles. The predicted octanol–water partition coefficient (Wildman–Crippen LogP) is 2.00. The summed E-state index contributed by atoms with van der Waals surface area (Å²) >= 11 is 0. The summed E-state index contributed by atoms with van der Waals surface area (Å²) < 4.78 is 0. The highest BCUT2D eigenvalue weighted by atomic mass is 16.2. The van der Waals surface area contributed by atoms with Crippen molar-refractivity contribution < 1.29 is 4.79 Å². The Labute approximate surface area is 122 Å². The second-order valence-electron chi connectivity index (χ2n) is 6.36. The zero-order valence-electron chi connectivity index (χ0n) is 13.2. The maximum Gasteiger partial charge on any atom is 0.227 e. The third-order valence-corrected chi connectivity index (χ3v) is 4.11. The average molecular weight is 277 g/mol. The Kier molecular flexibility index (Phi) is 5.17. The van der Waals surface area contributed by atoms with E-state index in [4.69, 9.17) is 5.73 Å². The Morgan fingerprint density at radius 1 is 1.20 bits per heavy atom. The van der Waals surface area contributed by atoms with Crippen LogP contribution in [0.15, 0.2) is 30.3 Å². The largest absolute Gasteiger partial charge is 0.373 e. The van der Waals surface area contributed by atoms with E-state index in [9.17, 15) is 4.79 Å². The van der Waals surface area contributed by atoms with Crippen molar-refractivity contribution in [2.45, 2.75) is 33.2 Å². The number of carbonyl (C=O) groups is 1. The molecule has 1 aromatic rings. The van der Waals surface area contributed by atoms with Crippen LogP contribution in [0.1, 0.15) is 27.7 Å². The van der Waals surface area contributed by atoms with Crippen molar-refractivity contribution in [3.63, 3.8) is 0 Å². The minimum absolute atomic E-state index is 0.00791. The van der Waals surface area contributed by atoms with Crippen LogP contribution in [-0.2, 0) is 4.79 Å². The molecule has 1 rings (SSSR count). The summed E-state index contributed by atoms with van der Waals surface area (Å²) in [5, 5.41) is 2.97. The fraction of sp³-hybridized carbons (Fsp3) is 0.562. The number of nitrogens with two attached hydrogens (primary N) is 1. The number of rotatable bonds is 6. The van der Waals surface area contributed by atoms with Crippen LogP contribution in [-0.4, -0.2) is 31.6 Å². The molecular weight excluding hydrogens is 250 g/mol. The molecule has 0 saturated heterocycles. The summed E-state index contributed by atoms with van der Waals surface area (Å²) in [6.07, 6.45) is 0. The summed E-state index contributed by atoms with van der Waals surface area (Å²) in [4.78, 5) is 14.3. The molecule has 0 aliphatic carbocycles. The minimum atomic E-state index is -0.599. The quantitative estimate of drug-likeness (QED) is 0.836. The molecule has 4 heteroatoms. The number of hydrogen-bond donors (Lipinski definition) is 2. The standard InChI is InChI=1S/C16H27N3O/c1-15(2,16(3,4)17)14(20)18-11-12-19(5)13-9-7-6-8-10-13/h6-10H,11-12,17H2,1-5H3,(H,18,20). The second kappa shape index (κ2) is 6.27. The second-order valence-corrected chi connectivity index (χ2v) is 6.36. The topological polar surface area (TPSA) is 58.4 Å². The van der Waals surface area contributed by atoms with Crippen LogP contribution in [0.3, 0.4) is 0 Å². The van der Waals surface area contributed by atoms with Crippen molar-refractivity contribution in [1.29, 1.82) is 0 Å². The zero-order chi connectivity index (χ0) is 15.4. The number of carbonyl (C=O) groups excluding carboxylic acids is 1. The Balaban J connectivity index is 2.47. The molecule has 0 radical (unpaired) electrons. The van der Waals surface area contributed by atoms with Gasteiger partial charge in [-0.1, -0.05) is 18.2 Å². The fourth-order valence-corrected chi connectivity index (χ4v) is 1.66. The lowest BCUT2D eigenvalue weighted by Crippen LogP contribution is -2.56. The molecule has 20 heavy (non-hydrogen) atoms. The molecule has 0 atom stereocenters. The molecule has 3 N–H and O–H groups in total. The molecule has 0 aliphatic rings. The van der Waals surface area contributed by atoms with Crippen LogP contribution in [0.5, 0.6) is 0 Å². The SMILES string of the molecule is CN(CCNC(=O)C(C)(C)C(C)(C)N)c1ccccc1. The number of likely N-dealkylation sites (N-methyl/N-ethyl adjacent to an activating group) is 1. The number of anilines is 1. The van der Waals surface area contributed by atoms with E-state index in [0.29, 0.717) is 6.54 Å². The Bertz CT molecular complexity index is 435. The van der Waals surface area contributed by atoms with Crippen LogP contribution < -0.4 is 16.0 Å². The fourth-order valence-electron chi connectivity index (χ4n) is 1.66. The van der Waals surface area contributed by atoms with Gasteiger partial charge in [-0.15, -0.1) is 0 Å². The van der Waals surface area contributed by atoms with Gasteiger partial charge in [0.05, 0.1) is 5.41 Å². The van der Waals surface area contributed by atoms with E-state index < -0.39 is 11.0 Å². The van der Waals surface area contributed by atoms with Gasteiger partial charge in [0.15, 0.2) is 0 Å². The van der Waals surface area contributed by atoms with Crippen molar-refractivity contribution >= 4 is 11.6 Å². The zero-order valence-corrected chi connectivity index (χ0v) is 13.2. The van der Waals surface area contributed by atoms with Gasteiger partial charge in [0, 0.05) is 31.4 Å². The van der Waals surface area contributed by atoms with Gasteiger partial charge in [0.1, 0.15) is 0 Å². The van der Waals surface area contributed by atoms with E-state index >= 15 is 0 Å². The van der Waals surface area contributed by atoms with Gasteiger partial charge in [0.2, 0.25) is 5.91 Å². The lowest BCUT2D eigenvalue weighted by molar-refractivity contribution is -0.132. The maximum atomic E-state index is 12.2. The summed E-state index contributed by atoms with van der Waals surface area (Å²) in [6.45, 7) is 8.87. The van der Waals surface area contributed by atoms with E-state index in [1.807, 2.05) is 52.9 Å². The summed E-state index contributed by atoms with van der Waals surface area (Å²) in [6, 6.07) is 10.1. The molecule has 1 amide bonds. The van der Waals surface area contributed by atoms with Gasteiger partial charge < -0.3 is 16.0 Å². The number of nitrogens with one attached hydrogen (secondary N) is 1. The Morgan fingerprint density at radius 2 is 1.75 bits per heavy atom. The maximum absolute atomic E-state index is 12.2. The third kappa shape index (κ3) is 3.97. The number of nitrogens with zero attached hydrogens (tertiary/aromatic N) is 1. The first-order chi connectivity index (χ1) is 9.16. The monoisotopic (exact) mass is 277 g/mol. The van der Waals surface area contributed by atoms with E-state index in [2.05, 4.69) is 22.3 Å². The molecule has 4 nitrogen and oxygen atoms in total.